The summed E-state index contributed by atoms with van der Waals surface area (Å²) in [6.07, 6.45) is 2.01. The van der Waals surface area contributed by atoms with Crippen molar-refractivity contribution >= 4 is 5.91 Å². The molecule has 1 heterocycles. The van der Waals surface area contributed by atoms with Gasteiger partial charge in [0, 0.05) is 32.7 Å². The van der Waals surface area contributed by atoms with Crippen LogP contribution in [0.5, 0.6) is 5.75 Å². The molecular weight excluding hydrogens is 266 g/mol. The third-order valence-corrected chi connectivity index (χ3v) is 4.05. The average molecular weight is 291 g/mol. The highest BCUT2D eigenvalue weighted by atomic mass is 16.5. The molecule has 0 aliphatic carbocycles. The standard InChI is InChI=1S/C16H25N3O2/c1-18(2)16(20)14-5-4-8-19(14)11-12-6-7-13(10-17)15(9-12)21-3/h6-7,9,14H,4-5,8,10-11,17H2,1-3H3. The van der Waals surface area contributed by atoms with Crippen LogP contribution < -0.4 is 10.5 Å². The second-order valence-corrected chi connectivity index (χ2v) is 5.71. The van der Waals surface area contributed by atoms with E-state index in [0.29, 0.717) is 6.54 Å². The minimum atomic E-state index is 0.000167. The highest BCUT2D eigenvalue weighted by Gasteiger charge is 2.31. The predicted octanol–water partition coefficient (Wildman–Crippen LogP) is 1.21. The summed E-state index contributed by atoms with van der Waals surface area (Å²) in [5.74, 6) is 1.02. The second kappa shape index (κ2) is 6.91. The number of hydrogen-bond donors (Lipinski definition) is 1. The molecule has 0 radical (unpaired) electrons. The normalized spacial score (nSPS) is 18.8. The van der Waals surface area contributed by atoms with E-state index in [-0.39, 0.29) is 11.9 Å². The molecular formula is C16H25N3O2. The number of hydrogen-bond acceptors (Lipinski definition) is 4. The fraction of sp³-hybridized carbons (Fsp3) is 0.562. The number of nitrogens with two attached hydrogens (primary N) is 1. The highest BCUT2D eigenvalue weighted by molar-refractivity contribution is 5.81. The number of likely N-dealkylation sites (N-methyl/N-ethyl adjacent to an activating group) is 1. The first-order valence-corrected chi connectivity index (χ1v) is 7.38. The maximum absolute atomic E-state index is 12.2. The molecule has 1 fully saturated rings. The Labute approximate surface area is 126 Å². The Hall–Kier alpha value is -1.59. The minimum Gasteiger partial charge on any atom is -0.496 e. The number of benzene rings is 1. The van der Waals surface area contributed by atoms with Gasteiger partial charge in [-0.05, 0) is 31.0 Å². The summed E-state index contributed by atoms with van der Waals surface area (Å²) in [4.78, 5) is 16.1. The van der Waals surface area contributed by atoms with E-state index in [9.17, 15) is 4.79 Å². The van der Waals surface area contributed by atoms with Crippen molar-refractivity contribution in [2.75, 3.05) is 27.7 Å². The topological polar surface area (TPSA) is 58.8 Å². The number of carbonyl (C=O) groups excluding carboxylic acids is 1. The maximum Gasteiger partial charge on any atom is 0.239 e. The van der Waals surface area contributed by atoms with Crippen LogP contribution in [-0.4, -0.2) is 49.5 Å². The third-order valence-electron chi connectivity index (χ3n) is 4.05. The van der Waals surface area contributed by atoms with E-state index in [1.807, 2.05) is 26.2 Å². The van der Waals surface area contributed by atoms with Crippen LogP contribution >= 0.6 is 0 Å². The summed E-state index contributed by atoms with van der Waals surface area (Å²) in [7, 11) is 5.29. The number of nitrogens with zero attached hydrogens (tertiary/aromatic N) is 2. The van der Waals surface area contributed by atoms with Crippen LogP contribution in [0.15, 0.2) is 18.2 Å². The van der Waals surface area contributed by atoms with Crippen molar-refractivity contribution in [3.8, 4) is 5.75 Å². The molecule has 1 aliphatic heterocycles. The lowest BCUT2D eigenvalue weighted by Crippen LogP contribution is -2.42. The molecule has 0 bridgehead atoms. The summed E-state index contributed by atoms with van der Waals surface area (Å²) >= 11 is 0. The molecule has 2 rings (SSSR count). The van der Waals surface area contributed by atoms with Crippen LogP contribution in [0.1, 0.15) is 24.0 Å². The fourth-order valence-corrected chi connectivity index (χ4v) is 2.88. The van der Waals surface area contributed by atoms with Crippen molar-refractivity contribution in [1.82, 2.24) is 9.80 Å². The lowest BCUT2D eigenvalue weighted by atomic mass is 10.1. The second-order valence-electron chi connectivity index (χ2n) is 5.71. The summed E-state index contributed by atoms with van der Waals surface area (Å²) < 4.78 is 5.38. The van der Waals surface area contributed by atoms with Crippen LogP contribution in [0.3, 0.4) is 0 Å². The van der Waals surface area contributed by atoms with Crippen molar-refractivity contribution in [2.24, 2.45) is 5.73 Å². The van der Waals surface area contributed by atoms with Gasteiger partial charge in [0.1, 0.15) is 5.75 Å². The van der Waals surface area contributed by atoms with Gasteiger partial charge in [0.2, 0.25) is 5.91 Å². The van der Waals surface area contributed by atoms with Crippen LogP contribution in [0.4, 0.5) is 0 Å². The van der Waals surface area contributed by atoms with Crippen LogP contribution in [0, 0.1) is 0 Å². The Morgan fingerprint density at radius 2 is 2.24 bits per heavy atom. The number of amides is 1. The number of likely N-dealkylation sites (tertiary alicyclic amines) is 1. The number of methoxy groups -OCH3 is 1. The Kier molecular flexibility index (Phi) is 5.20. The molecule has 0 spiro atoms. The van der Waals surface area contributed by atoms with Gasteiger partial charge in [-0.1, -0.05) is 12.1 Å². The minimum absolute atomic E-state index is 0.000167. The molecule has 1 amide bonds. The largest absolute Gasteiger partial charge is 0.496 e. The number of ether oxygens (including phenoxy) is 1. The van der Waals surface area contributed by atoms with E-state index < -0.39 is 0 Å². The first-order valence-electron chi connectivity index (χ1n) is 7.38. The molecule has 1 aromatic rings. The van der Waals surface area contributed by atoms with Gasteiger partial charge in [-0.25, -0.2) is 0 Å². The highest BCUT2D eigenvalue weighted by Crippen LogP contribution is 2.25. The molecule has 0 saturated carbocycles. The zero-order valence-corrected chi connectivity index (χ0v) is 13.1. The van der Waals surface area contributed by atoms with Crippen molar-refractivity contribution in [3.63, 3.8) is 0 Å². The van der Waals surface area contributed by atoms with Gasteiger partial charge in [0.25, 0.3) is 0 Å². The first-order chi connectivity index (χ1) is 10.1. The van der Waals surface area contributed by atoms with Crippen molar-refractivity contribution < 1.29 is 9.53 Å². The van der Waals surface area contributed by atoms with Gasteiger partial charge in [0.15, 0.2) is 0 Å². The quantitative estimate of drug-likeness (QED) is 0.886. The van der Waals surface area contributed by atoms with Crippen molar-refractivity contribution in [1.29, 1.82) is 0 Å². The summed E-state index contributed by atoms with van der Waals surface area (Å²) in [6, 6.07) is 6.10. The summed E-state index contributed by atoms with van der Waals surface area (Å²) in [5, 5.41) is 0. The monoisotopic (exact) mass is 291 g/mol. The van der Waals surface area contributed by atoms with Crippen LogP contribution in [0.2, 0.25) is 0 Å². The van der Waals surface area contributed by atoms with E-state index >= 15 is 0 Å². The predicted molar refractivity (Wildman–Crippen MR) is 83.0 cm³/mol. The van der Waals surface area contributed by atoms with Gasteiger partial charge in [-0.3, -0.25) is 9.69 Å². The van der Waals surface area contributed by atoms with Gasteiger partial charge in [-0.15, -0.1) is 0 Å². The fourth-order valence-electron chi connectivity index (χ4n) is 2.88. The lowest BCUT2D eigenvalue weighted by Gasteiger charge is -2.26. The Bertz CT molecular complexity index is 502. The van der Waals surface area contributed by atoms with Crippen molar-refractivity contribution in [2.45, 2.75) is 32.0 Å². The van der Waals surface area contributed by atoms with E-state index in [1.165, 1.54) is 0 Å². The van der Waals surface area contributed by atoms with E-state index in [2.05, 4.69) is 11.0 Å². The smallest absolute Gasteiger partial charge is 0.239 e. The SMILES string of the molecule is COc1cc(CN2CCCC2C(=O)N(C)C)ccc1CN. The van der Waals surface area contributed by atoms with Crippen LogP contribution in [-0.2, 0) is 17.9 Å². The number of rotatable bonds is 5. The average Bonchev–Trinajstić information content (AvgIpc) is 2.94. The molecule has 2 N–H and O–H groups in total. The molecule has 21 heavy (non-hydrogen) atoms. The number of carbonyl (C=O) groups is 1. The maximum atomic E-state index is 12.2. The van der Waals surface area contributed by atoms with Gasteiger partial charge in [-0.2, -0.15) is 0 Å². The molecule has 1 aromatic carbocycles. The van der Waals surface area contributed by atoms with Gasteiger partial charge >= 0.3 is 0 Å². The third kappa shape index (κ3) is 3.54. The van der Waals surface area contributed by atoms with E-state index in [1.54, 1.807) is 12.0 Å². The molecule has 5 nitrogen and oxygen atoms in total. The first kappa shape index (κ1) is 15.8. The Morgan fingerprint density at radius 1 is 1.48 bits per heavy atom. The van der Waals surface area contributed by atoms with E-state index in [0.717, 1.165) is 42.8 Å². The molecule has 1 aliphatic rings. The lowest BCUT2D eigenvalue weighted by molar-refractivity contribution is -0.133. The van der Waals surface area contributed by atoms with Crippen LogP contribution in [0.25, 0.3) is 0 Å². The molecule has 116 valence electrons. The zero-order valence-electron chi connectivity index (χ0n) is 13.1. The van der Waals surface area contributed by atoms with Gasteiger partial charge < -0.3 is 15.4 Å². The Balaban J connectivity index is 2.12. The van der Waals surface area contributed by atoms with Crippen molar-refractivity contribution in [3.05, 3.63) is 29.3 Å². The molecule has 1 atom stereocenters. The van der Waals surface area contributed by atoms with E-state index in [4.69, 9.17) is 10.5 Å². The molecule has 0 aromatic heterocycles. The Morgan fingerprint density at radius 3 is 2.86 bits per heavy atom. The molecule has 1 unspecified atom stereocenters. The molecule has 5 heteroatoms. The zero-order chi connectivity index (χ0) is 15.4. The summed E-state index contributed by atoms with van der Waals surface area (Å²) in [6.45, 7) is 2.20. The summed E-state index contributed by atoms with van der Waals surface area (Å²) in [5.41, 5.74) is 7.85. The van der Waals surface area contributed by atoms with Gasteiger partial charge in [0.05, 0.1) is 13.2 Å². The molecule has 1 saturated heterocycles.